The van der Waals surface area contributed by atoms with Gasteiger partial charge < -0.3 is 10.0 Å². The predicted molar refractivity (Wildman–Crippen MR) is 73.1 cm³/mol. The highest BCUT2D eigenvalue weighted by Crippen LogP contribution is 2.11. The van der Waals surface area contributed by atoms with E-state index in [1.807, 2.05) is 6.07 Å². The number of aliphatic hydroxyl groups is 1. The standard InChI is InChI=1S/C15H25NO/c1-13(2)15(12-17)11-16(3)10-9-14-7-5-4-6-8-14/h4-8,13,15,17H,9-12H2,1-3H3. The Hall–Kier alpha value is -0.860. The van der Waals surface area contributed by atoms with E-state index in [4.69, 9.17) is 0 Å². The van der Waals surface area contributed by atoms with Crippen LogP contribution in [0.25, 0.3) is 0 Å². The molecule has 1 rings (SSSR count). The maximum Gasteiger partial charge on any atom is 0.0473 e. The van der Waals surface area contributed by atoms with E-state index in [9.17, 15) is 5.11 Å². The lowest BCUT2D eigenvalue weighted by molar-refractivity contribution is 0.147. The van der Waals surface area contributed by atoms with Gasteiger partial charge in [-0.15, -0.1) is 0 Å². The number of nitrogens with zero attached hydrogens (tertiary/aromatic N) is 1. The van der Waals surface area contributed by atoms with Crippen LogP contribution >= 0.6 is 0 Å². The number of benzene rings is 1. The minimum Gasteiger partial charge on any atom is -0.396 e. The van der Waals surface area contributed by atoms with E-state index in [-0.39, 0.29) is 6.61 Å². The second kappa shape index (κ2) is 7.46. The molecule has 0 bridgehead atoms. The molecule has 0 aliphatic carbocycles. The Morgan fingerprint density at radius 3 is 2.35 bits per heavy atom. The van der Waals surface area contributed by atoms with Gasteiger partial charge in [-0.3, -0.25) is 0 Å². The molecule has 1 unspecified atom stereocenters. The zero-order chi connectivity index (χ0) is 12.7. The molecule has 0 amide bonds. The van der Waals surface area contributed by atoms with Crippen molar-refractivity contribution in [2.75, 3.05) is 26.7 Å². The predicted octanol–water partition coefficient (Wildman–Crippen LogP) is 2.43. The van der Waals surface area contributed by atoms with Crippen molar-refractivity contribution in [2.24, 2.45) is 11.8 Å². The molecule has 0 aromatic heterocycles. The summed E-state index contributed by atoms with van der Waals surface area (Å²) in [5.41, 5.74) is 1.38. The van der Waals surface area contributed by atoms with Crippen molar-refractivity contribution in [3.8, 4) is 0 Å². The van der Waals surface area contributed by atoms with Crippen LogP contribution in [0.2, 0.25) is 0 Å². The summed E-state index contributed by atoms with van der Waals surface area (Å²) in [5, 5.41) is 9.30. The molecule has 2 heteroatoms. The SMILES string of the molecule is CC(C)C(CO)CN(C)CCc1ccccc1. The zero-order valence-electron chi connectivity index (χ0n) is 11.3. The topological polar surface area (TPSA) is 23.5 Å². The molecule has 0 saturated heterocycles. The minimum atomic E-state index is 0.285. The highest BCUT2D eigenvalue weighted by Gasteiger charge is 2.14. The summed E-state index contributed by atoms with van der Waals surface area (Å²) in [6, 6.07) is 10.5. The van der Waals surface area contributed by atoms with Crippen LogP contribution in [0.3, 0.4) is 0 Å². The van der Waals surface area contributed by atoms with Crippen LogP contribution in [-0.4, -0.2) is 36.8 Å². The second-order valence-corrected chi connectivity index (χ2v) is 5.18. The third kappa shape index (κ3) is 5.33. The Morgan fingerprint density at radius 2 is 1.82 bits per heavy atom. The van der Waals surface area contributed by atoms with Crippen molar-refractivity contribution >= 4 is 0 Å². The number of hydrogen-bond donors (Lipinski definition) is 1. The normalized spacial score (nSPS) is 13.3. The van der Waals surface area contributed by atoms with E-state index in [2.05, 4.69) is 50.1 Å². The first-order valence-electron chi connectivity index (χ1n) is 6.46. The summed E-state index contributed by atoms with van der Waals surface area (Å²) in [4.78, 5) is 2.31. The lowest BCUT2D eigenvalue weighted by Gasteiger charge is -2.25. The average Bonchev–Trinajstić information content (AvgIpc) is 2.34. The van der Waals surface area contributed by atoms with Crippen molar-refractivity contribution in [1.29, 1.82) is 0 Å². The number of aliphatic hydroxyl groups excluding tert-OH is 1. The Morgan fingerprint density at radius 1 is 1.18 bits per heavy atom. The van der Waals surface area contributed by atoms with Crippen molar-refractivity contribution in [1.82, 2.24) is 4.90 Å². The van der Waals surface area contributed by atoms with Crippen LogP contribution in [0.1, 0.15) is 19.4 Å². The molecule has 2 nitrogen and oxygen atoms in total. The summed E-state index contributed by atoms with van der Waals surface area (Å²) in [7, 11) is 2.13. The monoisotopic (exact) mass is 235 g/mol. The van der Waals surface area contributed by atoms with Crippen LogP contribution in [0.5, 0.6) is 0 Å². The van der Waals surface area contributed by atoms with Crippen molar-refractivity contribution < 1.29 is 5.11 Å². The van der Waals surface area contributed by atoms with E-state index in [0.29, 0.717) is 11.8 Å². The van der Waals surface area contributed by atoms with Crippen LogP contribution in [0.4, 0.5) is 0 Å². The second-order valence-electron chi connectivity index (χ2n) is 5.18. The lowest BCUT2D eigenvalue weighted by Crippen LogP contribution is -2.32. The quantitative estimate of drug-likeness (QED) is 0.784. The van der Waals surface area contributed by atoms with Crippen molar-refractivity contribution in [3.63, 3.8) is 0 Å². The van der Waals surface area contributed by atoms with E-state index in [1.54, 1.807) is 0 Å². The fourth-order valence-corrected chi connectivity index (χ4v) is 1.94. The Bertz CT molecular complexity index is 297. The molecule has 1 N–H and O–H groups in total. The smallest absolute Gasteiger partial charge is 0.0473 e. The molecule has 0 heterocycles. The van der Waals surface area contributed by atoms with Crippen LogP contribution in [-0.2, 0) is 6.42 Å². The molecular weight excluding hydrogens is 210 g/mol. The zero-order valence-corrected chi connectivity index (χ0v) is 11.3. The largest absolute Gasteiger partial charge is 0.396 e. The molecule has 0 spiro atoms. The molecule has 0 saturated carbocycles. The molecule has 1 aromatic carbocycles. The van der Waals surface area contributed by atoms with Crippen LogP contribution in [0, 0.1) is 11.8 Å². The number of rotatable bonds is 7. The van der Waals surface area contributed by atoms with Gasteiger partial charge in [0.25, 0.3) is 0 Å². The summed E-state index contributed by atoms with van der Waals surface area (Å²) < 4.78 is 0. The van der Waals surface area contributed by atoms with Crippen molar-refractivity contribution in [3.05, 3.63) is 35.9 Å². The fraction of sp³-hybridized carbons (Fsp3) is 0.600. The molecule has 0 radical (unpaired) electrons. The maximum absolute atomic E-state index is 9.30. The van der Waals surface area contributed by atoms with Gasteiger partial charge in [-0.25, -0.2) is 0 Å². The molecule has 1 aromatic rings. The highest BCUT2D eigenvalue weighted by atomic mass is 16.3. The summed E-state index contributed by atoms with van der Waals surface area (Å²) >= 11 is 0. The van der Waals surface area contributed by atoms with Gasteiger partial charge in [-0.05, 0) is 30.9 Å². The third-order valence-corrected chi connectivity index (χ3v) is 3.35. The van der Waals surface area contributed by atoms with Crippen molar-refractivity contribution in [2.45, 2.75) is 20.3 Å². The van der Waals surface area contributed by atoms with Gasteiger partial charge in [0.1, 0.15) is 0 Å². The lowest BCUT2D eigenvalue weighted by atomic mass is 9.96. The molecular formula is C15H25NO. The molecule has 17 heavy (non-hydrogen) atoms. The first-order valence-corrected chi connectivity index (χ1v) is 6.46. The first kappa shape index (κ1) is 14.2. The molecule has 96 valence electrons. The Kier molecular flexibility index (Phi) is 6.23. The third-order valence-electron chi connectivity index (χ3n) is 3.35. The molecule has 0 aliphatic heterocycles. The highest BCUT2D eigenvalue weighted by molar-refractivity contribution is 5.14. The number of hydrogen-bond acceptors (Lipinski definition) is 2. The number of likely N-dealkylation sites (N-methyl/N-ethyl adjacent to an activating group) is 1. The average molecular weight is 235 g/mol. The molecule has 1 atom stereocenters. The minimum absolute atomic E-state index is 0.285. The van der Waals surface area contributed by atoms with Gasteiger partial charge in [-0.1, -0.05) is 44.2 Å². The van der Waals surface area contributed by atoms with E-state index in [0.717, 1.165) is 19.5 Å². The van der Waals surface area contributed by atoms with Gasteiger partial charge in [0.15, 0.2) is 0 Å². The van der Waals surface area contributed by atoms with Gasteiger partial charge in [0.05, 0.1) is 0 Å². The van der Waals surface area contributed by atoms with Gasteiger partial charge in [0, 0.05) is 19.7 Å². The summed E-state index contributed by atoms with van der Waals surface area (Å²) in [6.45, 7) is 6.65. The Labute approximate surface area is 105 Å². The summed E-state index contributed by atoms with van der Waals surface area (Å²) in [6.07, 6.45) is 1.08. The van der Waals surface area contributed by atoms with E-state index in [1.165, 1.54) is 5.56 Å². The van der Waals surface area contributed by atoms with Gasteiger partial charge >= 0.3 is 0 Å². The molecule has 0 aliphatic rings. The fourth-order valence-electron chi connectivity index (χ4n) is 1.94. The molecule has 0 fully saturated rings. The maximum atomic E-state index is 9.30. The summed E-state index contributed by atoms with van der Waals surface area (Å²) in [5.74, 6) is 0.926. The van der Waals surface area contributed by atoms with E-state index >= 15 is 0 Å². The van der Waals surface area contributed by atoms with Gasteiger partial charge in [-0.2, -0.15) is 0 Å². The van der Waals surface area contributed by atoms with Crippen LogP contribution in [0.15, 0.2) is 30.3 Å². The first-order chi connectivity index (χ1) is 8.13. The van der Waals surface area contributed by atoms with E-state index < -0.39 is 0 Å². The van der Waals surface area contributed by atoms with Crippen LogP contribution < -0.4 is 0 Å². The Balaban J connectivity index is 2.32. The van der Waals surface area contributed by atoms with Gasteiger partial charge in [0.2, 0.25) is 0 Å².